The molecule has 186 valence electrons. The molecule has 1 fully saturated rings. The molecule has 0 bridgehead atoms. The number of hydrogen-bond acceptors (Lipinski definition) is 5. The van der Waals surface area contributed by atoms with Crippen LogP contribution in [0.1, 0.15) is 23.6 Å². The maximum atomic E-state index is 13.0. The van der Waals surface area contributed by atoms with Crippen molar-refractivity contribution in [2.24, 2.45) is 0 Å². The molecule has 5 nitrogen and oxygen atoms in total. The summed E-state index contributed by atoms with van der Waals surface area (Å²) < 4.78 is 13.6. The second-order valence-electron chi connectivity index (χ2n) is 7.69. The normalized spacial score (nSPS) is 14.6. The van der Waals surface area contributed by atoms with Gasteiger partial charge in [-0.3, -0.25) is 14.5 Å². The summed E-state index contributed by atoms with van der Waals surface area (Å²) in [4.78, 5) is 27.2. The van der Waals surface area contributed by atoms with Gasteiger partial charge in [0.15, 0.2) is 11.5 Å². The lowest BCUT2D eigenvalue weighted by Gasteiger charge is -2.15. The van der Waals surface area contributed by atoms with E-state index in [1.807, 2.05) is 43.3 Å². The van der Waals surface area contributed by atoms with E-state index < -0.39 is 0 Å². The van der Waals surface area contributed by atoms with E-state index in [1.54, 1.807) is 24.3 Å². The summed E-state index contributed by atoms with van der Waals surface area (Å²) in [6.07, 6.45) is 1.71. The van der Waals surface area contributed by atoms with E-state index in [9.17, 15) is 9.59 Å². The lowest BCUT2D eigenvalue weighted by Crippen LogP contribution is -2.27. The van der Waals surface area contributed by atoms with E-state index in [0.29, 0.717) is 33.1 Å². The number of benzene rings is 3. The minimum Gasteiger partial charge on any atom is -0.490 e. The Kier molecular flexibility index (Phi) is 9.27. The minimum atomic E-state index is -0.319. The van der Waals surface area contributed by atoms with Crippen LogP contribution >= 0.6 is 73.5 Å². The summed E-state index contributed by atoms with van der Waals surface area (Å²) in [5.74, 6) is 0.814. The first-order valence-electron chi connectivity index (χ1n) is 10.8. The molecule has 0 aromatic heterocycles. The highest BCUT2D eigenvalue weighted by atomic mass is 127. The van der Waals surface area contributed by atoms with Crippen molar-refractivity contribution in [1.82, 2.24) is 4.90 Å². The molecule has 0 aliphatic carbocycles. The number of thioether (sulfide) groups is 1. The third-order valence-electron chi connectivity index (χ3n) is 5.12. The van der Waals surface area contributed by atoms with Crippen LogP contribution in [0, 0.1) is 3.57 Å². The minimum absolute atomic E-state index is 0.221. The monoisotopic (exact) mass is 717 g/mol. The average molecular weight is 719 g/mol. The van der Waals surface area contributed by atoms with Crippen molar-refractivity contribution in [3.05, 3.63) is 94.3 Å². The van der Waals surface area contributed by atoms with Crippen molar-refractivity contribution >= 4 is 90.7 Å². The summed E-state index contributed by atoms with van der Waals surface area (Å²) in [5.41, 5.74) is 2.48. The van der Waals surface area contributed by atoms with Crippen LogP contribution in [0.25, 0.3) is 6.08 Å². The SMILES string of the molecule is CCOc1cc(/C=C2\SC(=O)N(Cc3ccc(Br)cc3)C2=O)cc(I)c1OCc1ccc(Cl)c(Cl)c1. The number of hydrogen-bond donors (Lipinski definition) is 0. The fourth-order valence-electron chi connectivity index (χ4n) is 3.42. The maximum absolute atomic E-state index is 13.0. The second kappa shape index (κ2) is 12.2. The third kappa shape index (κ3) is 6.58. The Hall–Kier alpha value is -1.72. The molecule has 0 saturated carbocycles. The number of nitrogens with zero attached hydrogens (tertiary/aromatic N) is 1. The van der Waals surface area contributed by atoms with Gasteiger partial charge < -0.3 is 9.47 Å². The van der Waals surface area contributed by atoms with Gasteiger partial charge in [0.2, 0.25) is 0 Å². The van der Waals surface area contributed by atoms with E-state index in [1.165, 1.54) is 4.90 Å². The molecule has 0 unspecified atom stereocenters. The van der Waals surface area contributed by atoms with E-state index in [2.05, 4.69) is 38.5 Å². The lowest BCUT2D eigenvalue weighted by atomic mass is 10.1. The van der Waals surface area contributed by atoms with Crippen molar-refractivity contribution in [2.45, 2.75) is 20.1 Å². The Morgan fingerprint density at radius 1 is 1.00 bits per heavy atom. The molecule has 3 aromatic rings. The van der Waals surface area contributed by atoms with Crippen molar-refractivity contribution in [3.63, 3.8) is 0 Å². The Morgan fingerprint density at radius 3 is 2.42 bits per heavy atom. The predicted molar refractivity (Wildman–Crippen MR) is 157 cm³/mol. The highest BCUT2D eigenvalue weighted by Gasteiger charge is 2.35. The smallest absolute Gasteiger partial charge is 0.293 e. The zero-order valence-corrected chi connectivity index (χ0v) is 25.0. The maximum Gasteiger partial charge on any atom is 0.293 e. The van der Waals surface area contributed by atoms with Crippen molar-refractivity contribution in [2.75, 3.05) is 6.61 Å². The molecule has 1 aliphatic heterocycles. The molecule has 3 aromatic carbocycles. The lowest BCUT2D eigenvalue weighted by molar-refractivity contribution is -0.123. The predicted octanol–water partition coefficient (Wildman–Crippen LogP) is 8.57. The molecule has 0 atom stereocenters. The summed E-state index contributed by atoms with van der Waals surface area (Å²) in [6.45, 7) is 2.82. The number of amides is 2. The first-order valence-corrected chi connectivity index (χ1v) is 14.2. The van der Waals surface area contributed by atoms with Crippen molar-refractivity contribution < 1.29 is 19.1 Å². The number of imide groups is 1. The standard InChI is InChI=1S/C26H19BrCl2INO4S/c1-2-34-22-11-17(10-21(30)24(22)35-14-16-5-8-19(28)20(29)9-16)12-23-25(32)31(26(33)36-23)13-15-3-6-18(27)7-4-15/h3-12H,2,13-14H2,1H3/b23-12-. The number of halogens is 4. The van der Waals surface area contributed by atoms with Gasteiger partial charge in [0, 0.05) is 4.47 Å². The van der Waals surface area contributed by atoms with Gasteiger partial charge in [0.05, 0.1) is 31.7 Å². The molecular formula is C26H19BrCl2INO4S. The third-order valence-corrected chi connectivity index (χ3v) is 8.10. The Morgan fingerprint density at radius 2 is 1.72 bits per heavy atom. The van der Waals surface area contributed by atoms with Crippen LogP contribution in [0.4, 0.5) is 4.79 Å². The van der Waals surface area contributed by atoms with Gasteiger partial charge >= 0.3 is 0 Å². The molecule has 1 saturated heterocycles. The molecule has 0 N–H and O–H groups in total. The van der Waals surface area contributed by atoms with Crippen LogP contribution < -0.4 is 9.47 Å². The molecule has 1 aliphatic rings. The van der Waals surface area contributed by atoms with Gasteiger partial charge in [0.1, 0.15) is 6.61 Å². The first-order chi connectivity index (χ1) is 17.2. The molecular weight excluding hydrogens is 700 g/mol. The van der Waals surface area contributed by atoms with Gasteiger partial charge in [-0.1, -0.05) is 57.3 Å². The highest BCUT2D eigenvalue weighted by molar-refractivity contribution is 14.1. The van der Waals surface area contributed by atoms with Gasteiger partial charge in [-0.15, -0.1) is 0 Å². The van der Waals surface area contributed by atoms with Crippen LogP contribution in [0.15, 0.2) is 64.0 Å². The number of rotatable bonds is 8. The van der Waals surface area contributed by atoms with E-state index in [-0.39, 0.29) is 24.3 Å². The average Bonchev–Trinajstić information content (AvgIpc) is 3.09. The fraction of sp³-hybridized carbons (Fsp3) is 0.154. The second-order valence-corrected chi connectivity index (χ2v) is 11.6. The van der Waals surface area contributed by atoms with Gasteiger partial charge in [-0.25, -0.2) is 0 Å². The molecule has 0 radical (unpaired) electrons. The molecule has 10 heteroatoms. The number of carbonyl (C=O) groups is 2. The first kappa shape index (κ1) is 27.3. The van der Waals surface area contributed by atoms with Crippen molar-refractivity contribution in [3.8, 4) is 11.5 Å². The zero-order chi connectivity index (χ0) is 25.8. The molecule has 2 amide bonds. The van der Waals surface area contributed by atoms with E-state index in [0.717, 1.165) is 36.5 Å². The van der Waals surface area contributed by atoms with Crippen LogP contribution in [0.2, 0.25) is 10.0 Å². The largest absolute Gasteiger partial charge is 0.490 e. The fourth-order valence-corrected chi connectivity index (χ4v) is 5.62. The Labute approximate surface area is 245 Å². The molecule has 4 rings (SSSR count). The van der Waals surface area contributed by atoms with Crippen LogP contribution in [0.5, 0.6) is 11.5 Å². The summed E-state index contributed by atoms with van der Waals surface area (Å²) >= 11 is 18.6. The van der Waals surface area contributed by atoms with Gasteiger partial charge in [0.25, 0.3) is 11.1 Å². The number of carbonyl (C=O) groups excluding carboxylic acids is 2. The highest BCUT2D eigenvalue weighted by Crippen LogP contribution is 2.38. The molecule has 36 heavy (non-hydrogen) atoms. The van der Waals surface area contributed by atoms with E-state index >= 15 is 0 Å². The Balaban J connectivity index is 1.54. The summed E-state index contributed by atoms with van der Waals surface area (Å²) in [6, 6.07) is 16.5. The van der Waals surface area contributed by atoms with Gasteiger partial charge in [-0.05, 0) is 100 Å². The van der Waals surface area contributed by atoms with Gasteiger partial charge in [-0.2, -0.15) is 0 Å². The van der Waals surface area contributed by atoms with Crippen molar-refractivity contribution in [1.29, 1.82) is 0 Å². The molecule has 1 heterocycles. The quantitative estimate of drug-likeness (QED) is 0.173. The van der Waals surface area contributed by atoms with E-state index in [4.69, 9.17) is 32.7 Å². The number of ether oxygens (including phenoxy) is 2. The van der Waals surface area contributed by atoms with Crippen LogP contribution in [0.3, 0.4) is 0 Å². The Bertz CT molecular complexity index is 1350. The zero-order valence-electron chi connectivity index (χ0n) is 18.9. The molecule has 0 spiro atoms. The topological polar surface area (TPSA) is 55.8 Å². The summed E-state index contributed by atoms with van der Waals surface area (Å²) in [7, 11) is 0. The van der Waals surface area contributed by atoms with Crippen LogP contribution in [-0.4, -0.2) is 22.7 Å². The summed E-state index contributed by atoms with van der Waals surface area (Å²) in [5, 5.41) is 0.646. The van der Waals surface area contributed by atoms with Crippen LogP contribution in [-0.2, 0) is 17.9 Å².